The molecule has 2 heterocycles. The molecule has 0 aliphatic heterocycles. The first-order chi connectivity index (χ1) is 8.52. The van der Waals surface area contributed by atoms with Gasteiger partial charge >= 0.3 is 11.4 Å². The highest BCUT2D eigenvalue weighted by Gasteiger charge is 2.36. The van der Waals surface area contributed by atoms with Crippen molar-refractivity contribution >= 4 is 38.6 Å². The Kier molecular flexibility index (Phi) is 3.34. The molecular formula is C9H4BrN3O4S. The molecule has 0 N–H and O–H groups in total. The van der Waals surface area contributed by atoms with Gasteiger partial charge in [-0.25, -0.2) is 0 Å². The van der Waals surface area contributed by atoms with Crippen LogP contribution in [-0.2, 0) is 0 Å². The third-order valence-electron chi connectivity index (χ3n) is 2.08. The highest BCUT2D eigenvalue weighted by Crippen LogP contribution is 2.48. The van der Waals surface area contributed by atoms with Gasteiger partial charge in [0.2, 0.25) is 0 Å². The van der Waals surface area contributed by atoms with Crippen molar-refractivity contribution in [2.24, 2.45) is 0 Å². The van der Waals surface area contributed by atoms with Gasteiger partial charge in [-0.3, -0.25) is 25.2 Å². The fourth-order valence-corrected chi connectivity index (χ4v) is 3.14. The normalized spacial score (nSPS) is 10.3. The molecule has 2 rings (SSSR count). The topological polar surface area (TPSA) is 99.2 Å². The second-order valence-electron chi connectivity index (χ2n) is 3.13. The van der Waals surface area contributed by atoms with Gasteiger partial charge in [0.1, 0.15) is 4.88 Å². The van der Waals surface area contributed by atoms with Gasteiger partial charge < -0.3 is 0 Å². The molecule has 0 fully saturated rings. The second kappa shape index (κ2) is 4.78. The summed E-state index contributed by atoms with van der Waals surface area (Å²) in [5.41, 5.74) is -0.732. The van der Waals surface area contributed by atoms with Crippen LogP contribution >= 0.6 is 27.3 Å². The SMILES string of the molecule is O=[N+]([O-])c1c(Br)sc(-c2ccccn2)c1[N+](=O)[O-]. The molecule has 0 unspecified atom stereocenters. The Labute approximate surface area is 113 Å². The van der Waals surface area contributed by atoms with E-state index in [1.54, 1.807) is 18.2 Å². The molecule has 0 saturated carbocycles. The number of halogens is 1. The van der Waals surface area contributed by atoms with Crippen molar-refractivity contribution in [2.45, 2.75) is 0 Å². The first-order valence-corrected chi connectivity index (χ1v) is 6.15. The number of pyridine rings is 1. The lowest BCUT2D eigenvalue weighted by molar-refractivity contribution is -0.421. The molecule has 0 radical (unpaired) electrons. The van der Waals surface area contributed by atoms with Gasteiger partial charge in [-0.05, 0) is 28.1 Å². The summed E-state index contributed by atoms with van der Waals surface area (Å²) in [6, 6.07) is 4.88. The van der Waals surface area contributed by atoms with E-state index in [0.717, 1.165) is 11.3 Å². The number of nitro groups is 2. The lowest BCUT2D eigenvalue weighted by atomic mass is 10.2. The zero-order valence-corrected chi connectivity index (χ0v) is 11.0. The molecule has 7 nitrogen and oxygen atoms in total. The van der Waals surface area contributed by atoms with Crippen molar-refractivity contribution in [1.82, 2.24) is 4.98 Å². The smallest absolute Gasteiger partial charge is 0.258 e. The van der Waals surface area contributed by atoms with E-state index in [1.807, 2.05) is 0 Å². The molecular weight excluding hydrogens is 326 g/mol. The Morgan fingerprint density at radius 3 is 2.33 bits per heavy atom. The van der Waals surface area contributed by atoms with Gasteiger partial charge in [0.05, 0.1) is 15.5 Å². The van der Waals surface area contributed by atoms with Crippen molar-refractivity contribution in [3.8, 4) is 10.6 Å². The van der Waals surface area contributed by atoms with Crippen LogP contribution in [0, 0.1) is 20.2 Å². The van der Waals surface area contributed by atoms with E-state index in [2.05, 4.69) is 20.9 Å². The van der Waals surface area contributed by atoms with Crippen molar-refractivity contribution < 1.29 is 9.85 Å². The van der Waals surface area contributed by atoms with Crippen LogP contribution in [0.2, 0.25) is 0 Å². The predicted octanol–water partition coefficient (Wildman–Crippen LogP) is 3.39. The largest absolute Gasteiger partial charge is 0.371 e. The van der Waals surface area contributed by atoms with Crippen molar-refractivity contribution in [3.63, 3.8) is 0 Å². The maximum absolute atomic E-state index is 11.0. The Bertz CT molecular complexity index is 628. The van der Waals surface area contributed by atoms with Crippen LogP contribution in [0.15, 0.2) is 28.2 Å². The molecule has 0 saturated heterocycles. The fourth-order valence-electron chi connectivity index (χ4n) is 1.39. The number of hydrogen-bond acceptors (Lipinski definition) is 6. The number of aromatic nitrogens is 1. The molecule has 2 aromatic rings. The Morgan fingerprint density at radius 1 is 1.17 bits per heavy atom. The van der Waals surface area contributed by atoms with Gasteiger partial charge in [0, 0.05) is 6.20 Å². The fraction of sp³-hybridized carbons (Fsp3) is 0. The molecule has 0 atom stereocenters. The average Bonchev–Trinajstić information content (AvgIpc) is 2.68. The third-order valence-corrected chi connectivity index (χ3v) is 3.92. The summed E-state index contributed by atoms with van der Waals surface area (Å²) in [5.74, 6) is 0. The van der Waals surface area contributed by atoms with Gasteiger partial charge in [0.15, 0.2) is 3.79 Å². The average molecular weight is 330 g/mol. The maximum Gasteiger partial charge on any atom is 0.371 e. The monoisotopic (exact) mass is 329 g/mol. The quantitative estimate of drug-likeness (QED) is 0.634. The zero-order valence-electron chi connectivity index (χ0n) is 8.57. The molecule has 0 spiro atoms. The first kappa shape index (κ1) is 12.6. The molecule has 18 heavy (non-hydrogen) atoms. The van der Waals surface area contributed by atoms with E-state index < -0.39 is 21.2 Å². The summed E-state index contributed by atoms with van der Waals surface area (Å²) < 4.78 is 0.111. The van der Waals surface area contributed by atoms with E-state index in [4.69, 9.17) is 0 Å². The van der Waals surface area contributed by atoms with Gasteiger partial charge in [0.25, 0.3) is 0 Å². The minimum absolute atomic E-state index is 0.111. The van der Waals surface area contributed by atoms with E-state index in [0.29, 0.717) is 5.69 Å². The van der Waals surface area contributed by atoms with Crippen LogP contribution in [0.4, 0.5) is 11.4 Å². The van der Waals surface area contributed by atoms with Crippen LogP contribution < -0.4 is 0 Å². The summed E-state index contributed by atoms with van der Waals surface area (Å²) >= 11 is 3.90. The van der Waals surface area contributed by atoms with Gasteiger partial charge in [-0.15, -0.1) is 11.3 Å². The minimum atomic E-state index is -0.773. The number of hydrogen-bond donors (Lipinski definition) is 0. The van der Waals surface area contributed by atoms with E-state index in [1.165, 1.54) is 6.20 Å². The molecule has 92 valence electrons. The van der Waals surface area contributed by atoms with E-state index in [-0.39, 0.29) is 8.66 Å². The predicted molar refractivity (Wildman–Crippen MR) is 68.6 cm³/mol. The summed E-state index contributed by atoms with van der Waals surface area (Å²) in [4.78, 5) is 24.4. The van der Waals surface area contributed by atoms with Crippen molar-refractivity contribution in [3.05, 3.63) is 48.4 Å². The Morgan fingerprint density at radius 2 is 1.83 bits per heavy atom. The standard InChI is InChI=1S/C9H4BrN3O4S/c10-9-7(13(16)17)6(12(14)15)8(18-9)5-3-1-2-4-11-5/h1-4H. The maximum atomic E-state index is 11.0. The van der Waals surface area contributed by atoms with Crippen molar-refractivity contribution in [2.75, 3.05) is 0 Å². The van der Waals surface area contributed by atoms with E-state index >= 15 is 0 Å². The zero-order chi connectivity index (χ0) is 13.3. The van der Waals surface area contributed by atoms with Crippen LogP contribution in [0.25, 0.3) is 10.6 Å². The van der Waals surface area contributed by atoms with Crippen LogP contribution in [0.3, 0.4) is 0 Å². The van der Waals surface area contributed by atoms with Crippen LogP contribution in [0.5, 0.6) is 0 Å². The summed E-state index contributed by atoms with van der Waals surface area (Å²) in [7, 11) is 0. The molecule has 0 aliphatic rings. The molecule has 0 aromatic carbocycles. The molecule has 9 heteroatoms. The highest BCUT2D eigenvalue weighted by atomic mass is 79.9. The highest BCUT2D eigenvalue weighted by molar-refractivity contribution is 9.11. The lowest BCUT2D eigenvalue weighted by Gasteiger charge is -1.95. The lowest BCUT2D eigenvalue weighted by Crippen LogP contribution is -1.95. The van der Waals surface area contributed by atoms with Gasteiger partial charge in [-0.1, -0.05) is 6.07 Å². The Balaban J connectivity index is 2.73. The third kappa shape index (κ3) is 2.09. The van der Waals surface area contributed by atoms with Crippen molar-refractivity contribution in [1.29, 1.82) is 0 Å². The van der Waals surface area contributed by atoms with E-state index in [9.17, 15) is 20.2 Å². The van der Waals surface area contributed by atoms with Gasteiger partial charge in [-0.2, -0.15) is 0 Å². The molecule has 0 aliphatic carbocycles. The molecule has 0 amide bonds. The first-order valence-electron chi connectivity index (χ1n) is 4.55. The number of thiophene rings is 1. The molecule has 0 bridgehead atoms. The summed E-state index contributed by atoms with van der Waals surface area (Å²) in [6.45, 7) is 0. The molecule has 2 aromatic heterocycles. The second-order valence-corrected chi connectivity index (χ2v) is 5.47. The van der Waals surface area contributed by atoms with Crippen LogP contribution in [0.1, 0.15) is 0 Å². The Hall–Kier alpha value is -1.87. The number of nitrogens with zero attached hydrogens (tertiary/aromatic N) is 3. The summed E-state index contributed by atoms with van der Waals surface area (Å²) in [6.07, 6.45) is 1.47. The number of rotatable bonds is 3. The van der Waals surface area contributed by atoms with Crippen LogP contribution in [-0.4, -0.2) is 14.8 Å². The summed E-state index contributed by atoms with van der Waals surface area (Å²) in [5, 5.41) is 21.8. The minimum Gasteiger partial charge on any atom is -0.258 e.